The summed E-state index contributed by atoms with van der Waals surface area (Å²) in [7, 11) is 0. The molecule has 0 aliphatic carbocycles. The number of rotatable bonds is 4. The Morgan fingerprint density at radius 3 is 2.58 bits per heavy atom. The summed E-state index contributed by atoms with van der Waals surface area (Å²) in [5.41, 5.74) is 2.78. The van der Waals surface area contributed by atoms with Gasteiger partial charge >= 0.3 is 6.18 Å². The highest BCUT2D eigenvalue weighted by atomic mass is 19.4. The van der Waals surface area contributed by atoms with Crippen LogP contribution >= 0.6 is 0 Å². The van der Waals surface area contributed by atoms with Gasteiger partial charge in [0.2, 0.25) is 5.91 Å². The smallest absolute Gasteiger partial charge is 0.365 e. The van der Waals surface area contributed by atoms with Gasteiger partial charge in [-0.15, -0.1) is 0 Å². The molecule has 1 aliphatic heterocycles. The fourth-order valence-corrected chi connectivity index (χ4v) is 2.55. The number of halogens is 3. The SMILES string of the molecule is Cc1ccc(NC(=O)[C@H]2CCCN2/C=C/C(=O)C(F)(F)F)cc1C. The number of alkyl halides is 3. The van der Waals surface area contributed by atoms with Gasteiger partial charge in [-0.25, -0.2) is 0 Å². The number of nitrogens with zero attached hydrogens (tertiary/aromatic N) is 1. The van der Waals surface area contributed by atoms with Gasteiger partial charge in [0.25, 0.3) is 5.78 Å². The first-order chi connectivity index (χ1) is 11.2. The highest BCUT2D eigenvalue weighted by Gasteiger charge is 2.37. The summed E-state index contributed by atoms with van der Waals surface area (Å²) in [6.07, 6.45) is -2.15. The van der Waals surface area contributed by atoms with Crippen molar-refractivity contribution in [3.8, 4) is 0 Å². The average Bonchev–Trinajstić information content (AvgIpc) is 2.96. The molecule has 1 aromatic rings. The van der Waals surface area contributed by atoms with Crippen LogP contribution in [0.4, 0.5) is 18.9 Å². The molecule has 0 radical (unpaired) electrons. The zero-order valence-electron chi connectivity index (χ0n) is 13.5. The predicted octanol–water partition coefficient (Wildman–Crippen LogP) is 3.35. The first kappa shape index (κ1) is 18.0. The fourth-order valence-electron chi connectivity index (χ4n) is 2.55. The maximum absolute atomic E-state index is 12.4. The lowest BCUT2D eigenvalue weighted by Crippen LogP contribution is -2.36. The molecule has 1 aliphatic rings. The number of aryl methyl sites for hydroxylation is 2. The molecule has 1 heterocycles. The summed E-state index contributed by atoms with van der Waals surface area (Å²) < 4.78 is 36.7. The molecule has 0 unspecified atom stereocenters. The van der Waals surface area contributed by atoms with E-state index < -0.39 is 18.0 Å². The Balaban J connectivity index is 2.04. The second-order valence-electron chi connectivity index (χ2n) is 5.86. The van der Waals surface area contributed by atoms with Crippen LogP contribution in [0.2, 0.25) is 0 Å². The summed E-state index contributed by atoms with van der Waals surface area (Å²) in [5.74, 6) is -2.22. The van der Waals surface area contributed by atoms with E-state index >= 15 is 0 Å². The molecule has 1 saturated heterocycles. The van der Waals surface area contributed by atoms with Crippen molar-refractivity contribution < 1.29 is 22.8 Å². The van der Waals surface area contributed by atoms with E-state index in [1.54, 1.807) is 6.07 Å². The van der Waals surface area contributed by atoms with Crippen molar-refractivity contribution in [3.63, 3.8) is 0 Å². The molecular weight excluding hydrogens is 321 g/mol. The molecule has 130 valence electrons. The van der Waals surface area contributed by atoms with E-state index in [1.165, 1.54) is 4.90 Å². The normalized spacial score (nSPS) is 18.2. The molecule has 0 saturated carbocycles. The van der Waals surface area contributed by atoms with Crippen LogP contribution in [0.3, 0.4) is 0 Å². The quantitative estimate of drug-likeness (QED) is 0.855. The van der Waals surface area contributed by atoms with Crippen LogP contribution in [0, 0.1) is 13.8 Å². The molecule has 24 heavy (non-hydrogen) atoms. The van der Waals surface area contributed by atoms with Gasteiger partial charge in [-0.2, -0.15) is 13.2 Å². The number of allylic oxidation sites excluding steroid dienone is 1. The predicted molar refractivity (Wildman–Crippen MR) is 84.5 cm³/mol. The van der Waals surface area contributed by atoms with Gasteiger partial charge in [0.15, 0.2) is 0 Å². The van der Waals surface area contributed by atoms with Crippen molar-refractivity contribution in [3.05, 3.63) is 41.6 Å². The van der Waals surface area contributed by atoms with Gasteiger partial charge in [0.1, 0.15) is 6.04 Å². The van der Waals surface area contributed by atoms with Crippen molar-refractivity contribution in [2.75, 3.05) is 11.9 Å². The lowest BCUT2D eigenvalue weighted by Gasteiger charge is -2.22. The van der Waals surface area contributed by atoms with Crippen molar-refractivity contribution in [1.82, 2.24) is 4.90 Å². The van der Waals surface area contributed by atoms with Gasteiger partial charge in [-0.05, 0) is 49.9 Å². The summed E-state index contributed by atoms with van der Waals surface area (Å²) >= 11 is 0. The molecule has 7 heteroatoms. The lowest BCUT2D eigenvalue weighted by molar-refractivity contribution is -0.165. The Kier molecular flexibility index (Phi) is 5.31. The number of carbonyl (C=O) groups is 2. The Morgan fingerprint density at radius 2 is 1.96 bits per heavy atom. The van der Waals surface area contributed by atoms with E-state index in [0.717, 1.165) is 17.3 Å². The highest BCUT2D eigenvalue weighted by molar-refractivity contribution is 5.96. The standard InChI is InChI=1S/C17H19F3N2O2/c1-11-5-6-13(10-12(11)2)21-16(24)14-4-3-8-22(14)9-7-15(23)17(18,19)20/h5-7,9-10,14H,3-4,8H2,1-2H3,(H,21,24)/b9-7+/t14-/m1/s1. The second kappa shape index (κ2) is 7.07. The topological polar surface area (TPSA) is 49.4 Å². The Morgan fingerprint density at radius 1 is 1.25 bits per heavy atom. The van der Waals surface area contributed by atoms with Crippen molar-refractivity contribution >= 4 is 17.4 Å². The number of benzene rings is 1. The highest BCUT2D eigenvalue weighted by Crippen LogP contribution is 2.22. The third-order valence-corrected chi connectivity index (χ3v) is 4.07. The molecule has 1 amide bonds. The van der Waals surface area contributed by atoms with Crippen LogP contribution in [0.15, 0.2) is 30.5 Å². The number of likely N-dealkylation sites (tertiary alicyclic amines) is 1. The fraction of sp³-hybridized carbons (Fsp3) is 0.412. The van der Waals surface area contributed by atoms with E-state index in [9.17, 15) is 22.8 Å². The van der Waals surface area contributed by atoms with E-state index in [1.807, 2.05) is 26.0 Å². The summed E-state index contributed by atoms with van der Waals surface area (Å²) in [6, 6.07) is 4.93. The third kappa shape index (κ3) is 4.37. The monoisotopic (exact) mass is 340 g/mol. The Bertz CT molecular complexity index is 668. The lowest BCUT2D eigenvalue weighted by atomic mass is 10.1. The van der Waals surface area contributed by atoms with Crippen molar-refractivity contribution in [1.29, 1.82) is 0 Å². The summed E-state index contributed by atoms with van der Waals surface area (Å²) in [4.78, 5) is 24.8. The number of anilines is 1. The van der Waals surface area contributed by atoms with Gasteiger partial charge in [0.05, 0.1) is 0 Å². The zero-order chi connectivity index (χ0) is 17.9. The maximum atomic E-state index is 12.4. The molecule has 2 rings (SSSR count). The number of carbonyl (C=O) groups excluding carboxylic acids is 2. The minimum atomic E-state index is -4.90. The molecule has 1 atom stereocenters. The molecule has 0 aromatic heterocycles. The van der Waals surface area contributed by atoms with Gasteiger partial charge < -0.3 is 10.2 Å². The number of nitrogens with one attached hydrogen (secondary N) is 1. The summed E-state index contributed by atoms with van der Waals surface area (Å²) in [5, 5.41) is 2.78. The van der Waals surface area contributed by atoms with Gasteiger partial charge in [0, 0.05) is 24.5 Å². The van der Waals surface area contributed by atoms with E-state index in [4.69, 9.17) is 0 Å². The van der Waals surface area contributed by atoms with Crippen molar-refractivity contribution in [2.24, 2.45) is 0 Å². The minimum absolute atomic E-state index is 0.292. The first-order valence-corrected chi connectivity index (χ1v) is 7.61. The number of amides is 1. The van der Waals surface area contributed by atoms with Crippen LogP contribution in [-0.4, -0.2) is 35.4 Å². The summed E-state index contributed by atoms with van der Waals surface area (Å²) in [6.45, 7) is 4.33. The Labute approximate surface area is 138 Å². The molecule has 0 spiro atoms. The third-order valence-electron chi connectivity index (χ3n) is 4.07. The van der Waals surface area contributed by atoms with Crippen LogP contribution in [0.5, 0.6) is 0 Å². The van der Waals surface area contributed by atoms with E-state index in [2.05, 4.69) is 5.32 Å². The zero-order valence-corrected chi connectivity index (χ0v) is 13.5. The maximum Gasteiger partial charge on any atom is 0.454 e. The number of hydrogen-bond donors (Lipinski definition) is 1. The van der Waals surface area contributed by atoms with Crippen LogP contribution in [0.25, 0.3) is 0 Å². The molecule has 1 fully saturated rings. The van der Waals surface area contributed by atoms with Crippen LogP contribution in [0.1, 0.15) is 24.0 Å². The number of hydrogen-bond acceptors (Lipinski definition) is 3. The Hall–Kier alpha value is -2.31. The van der Waals surface area contributed by atoms with Crippen molar-refractivity contribution in [2.45, 2.75) is 38.9 Å². The van der Waals surface area contributed by atoms with Gasteiger partial charge in [-0.1, -0.05) is 6.07 Å². The molecule has 4 nitrogen and oxygen atoms in total. The van der Waals surface area contributed by atoms with Gasteiger partial charge in [-0.3, -0.25) is 9.59 Å². The second-order valence-corrected chi connectivity index (χ2v) is 5.86. The molecular formula is C17H19F3N2O2. The largest absolute Gasteiger partial charge is 0.454 e. The van der Waals surface area contributed by atoms with Crippen LogP contribution < -0.4 is 5.32 Å². The molecule has 0 bridgehead atoms. The first-order valence-electron chi connectivity index (χ1n) is 7.61. The minimum Gasteiger partial charge on any atom is -0.365 e. The van der Waals surface area contributed by atoms with Crippen LogP contribution in [-0.2, 0) is 9.59 Å². The molecule has 1 aromatic carbocycles. The average molecular weight is 340 g/mol. The van der Waals surface area contributed by atoms with E-state index in [0.29, 0.717) is 31.1 Å². The molecule has 1 N–H and O–H groups in total. The van der Waals surface area contributed by atoms with E-state index in [-0.39, 0.29) is 5.91 Å². The number of ketones is 1.